The van der Waals surface area contributed by atoms with Crippen LogP contribution >= 0.6 is 0 Å². The molecule has 0 aliphatic carbocycles. The quantitative estimate of drug-likeness (QED) is 0.187. The summed E-state index contributed by atoms with van der Waals surface area (Å²) in [5, 5.41) is 14.0. The monoisotopic (exact) mass is 589 g/mol. The average molecular weight is 590 g/mol. The van der Waals surface area contributed by atoms with Gasteiger partial charge in [0.1, 0.15) is 5.82 Å². The average Bonchev–Trinajstić information content (AvgIpc) is 3.42. The summed E-state index contributed by atoms with van der Waals surface area (Å²) in [4.78, 5) is 12.2. The van der Waals surface area contributed by atoms with E-state index in [0.717, 1.165) is 31.6 Å². The summed E-state index contributed by atoms with van der Waals surface area (Å²) in [5.74, 6) is 2.05. The number of aryl methyl sites for hydroxylation is 2. The van der Waals surface area contributed by atoms with Gasteiger partial charge in [-0.05, 0) is 113 Å². The summed E-state index contributed by atoms with van der Waals surface area (Å²) in [7, 11) is -1.31. The van der Waals surface area contributed by atoms with Crippen molar-refractivity contribution in [3.63, 3.8) is 0 Å². The van der Waals surface area contributed by atoms with Crippen LogP contribution in [0.4, 0.5) is 23.1 Å². The number of aromatic nitrogens is 4. The molecule has 0 spiro atoms. The maximum atomic E-state index is 13.1. The first-order chi connectivity index (χ1) is 20.0. The first-order valence-corrected chi connectivity index (χ1v) is 16.5. The zero-order valence-corrected chi connectivity index (χ0v) is 26.3. The molecule has 0 amide bonds. The summed E-state index contributed by atoms with van der Waals surface area (Å²) in [6.07, 6.45) is 6.04. The number of nitrogens with zero attached hydrogens (tertiary/aromatic N) is 4. The number of benzene rings is 2. The molecule has 1 fully saturated rings. The highest BCUT2D eigenvalue weighted by molar-refractivity contribution is 7.92. The predicted octanol–water partition coefficient (Wildman–Crippen LogP) is 6.73. The van der Waals surface area contributed by atoms with E-state index in [1.165, 1.54) is 29.5 Å². The second-order valence-electron chi connectivity index (χ2n) is 12.2. The molecular weight excluding hydrogens is 546 g/mol. The fourth-order valence-corrected chi connectivity index (χ4v) is 6.81. The van der Waals surface area contributed by atoms with E-state index in [1.807, 2.05) is 6.07 Å². The van der Waals surface area contributed by atoms with E-state index >= 15 is 0 Å². The van der Waals surface area contributed by atoms with Crippen LogP contribution in [0, 0.1) is 12.8 Å². The summed E-state index contributed by atoms with van der Waals surface area (Å²) in [6.45, 7) is 12.3. The number of H-pyrrole nitrogens is 1. The van der Waals surface area contributed by atoms with Crippen molar-refractivity contribution >= 4 is 44.0 Å². The molecule has 4 aromatic rings. The zero-order chi connectivity index (χ0) is 30.0. The number of piperidine rings is 1. The molecule has 3 N–H and O–H groups in total. The Morgan fingerprint density at radius 3 is 2.48 bits per heavy atom. The number of hydrogen-bond acceptors (Lipinski definition) is 8. The molecule has 1 aliphatic rings. The van der Waals surface area contributed by atoms with Gasteiger partial charge >= 0.3 is 0 Å². The highest BCUT2D eigenvalue weighted by Gasteiger charge is 2.24. The van der Waals surface area contributed by atoms with E-state index in [-0.39, 0.29) is 4.90 Å². The van der Waals surface area contributed by atoms with Crippen LogP contribution in [0.1, 0.15) is 69.6 Å². The van der Waals surface area contributed by atoms with Gasteiger partial charge in [-0.25, -0.2) is 8.42 Å². The molecule has 2 aromatic heterocycles. The Morgan fingerprint density at radius 1 is 1.02 bits per heavy atom. The van der Waals surface area contributed by atoms with Crippen molar-refractivity contribution in [2.45, 2.75) is 76.4 Å². The van der Waals surface area contributed by atoms with Gasteiger partial charge in [-0.3, -0.25) is 5.10 Å². The smallest absolute Gasteiger partial charge is 0.231 e. The van der Waals surface area contributed by atoms with Gasteiger partial charge < -0.3 is 15.5 Å². The van der Waals surface area contributed by atoms with E-state index in [1.54, 1.807) is 38.2 Å². The van der Waals surface area contributed by atoms with Crippen molar-refractivity contribution in [2.24, 2.45) is 5.92 Å². The Morgan fingerprint density at radius 2 is 1.76 bits per heavy atom. The molecule has 0 radical (unpaired) electrons. The van der Waals surface area contributed by atoms with Crippen LogP contribution in [-0.2, 0) is 16.3 Å². The number of anilines is 4. The van der Waals surface area contributed by atoms with E-state index in [0.29, 0.717) is 40.3 Å². The van der Waals surface area contributed by atoms with E-state index in [4.69, 9.17) is 9.97 Å². The number of hydrogen-bond donors (Lipinski definition) is 3. The topological polar surface area (TPSA) is 116 Å². The number of likely N-dealkylation sites (tertiary alicyclic amines) is 1. The fourth-order valence-electron chi connectivity index (χ4n) is 5.60. The molecule has 10 heteroatoms. The van der Waals surface area contributed by atoms with Gasteiger partial charge in [0.15, 0.2) is 15.5 Å². The van der Waals surface area contributed by atoms with Crippen LogP contribution in [-0.4, -0.2) is 58.9 Å². The Bertz CT molecular complexity index is 1650. The second-order valence-corrected chi connectivity index (χ2v) is 14.7. The Hall–Kier alpha value is -3.50. The van der Waals surface area contributed by atoms with Gasteiger partial charge in [0.05, 0.1) is 27.4 Å². The SMILES string of the molecule is Cc1cc(Nc2nc(Nc3ccccc3S(=O)(=O)C(C)C)c3cn[nH]c3n2)c(CCC(C)C)cc1C1CCN(C)CC1. The largest absolute Gasteiger partial charge is 0.338 e. The molecule has 1 aliphatic heterocycles. The minimum absolute atomic E-state index is 0.237. The molecule has 0 bridgehead atoms. The lowest BCUT2D eigenvalue weighted by Gasteiger charge is -2.31. The third kappa shape index (κ3) is 6.44. The van der Waals surface area contributed by atoms with Crippen molar-refractivity contribution in [3.8, 4) is 0 Å². The molecule has 2 aromatic carbocycles. The van der Waals surface area contributed by atoms with Gasteiger partial charge in [0.25, 0.3) is 0 Å². The minimum atomic E-state index is -3.51. The van der Waals surface area contributed by atoms with Crippen LogP contribution in [0.5, 0.6) is 0 Å². The van der Waals surface area contributed by atoms with Crippen LogP contribution in [0.25, 0.3) is 11.0 Å². The molecule has 224 valence electrons. The lowest BCUT2D eigenvalue weighted by Crippen LogP contribution is -2.29. The molecule has 5 rings (SSSR count). The molecule has 0 saturated carbocycles. The van der Waals surface area contributed by atoms with Gasteiger partial charge in [-0.1, -0.05) is 32.0 Å². The fraction of sp³-hybridized carbons (Fsp3) is 0.469. The summed E-state index contributed by atoms with van der Waals surface area (Å²) >= 11 is 0. The third-order valence-electron chi connectivity index (χ3n) is 8.26. The first-order valence-electron chi connectivity index (χ1n) is 14.9. The summed E-state index contributed by atoms with van der Waals surface area (Å²) in [6, 6.07) is 11.6. The standard InChI is InChI=1S/C32H43N7O2S/c1-20(2)11-12-24-18-25(23-13-15-39(6)16-14-23)22(5)17-28(24)35-32-36-30(26-19-33-38-31(26)37-32)34-27-9-7-8-10-29(27)42(40,41)21(3)4/h7-10,17-21,23H,11-16H2,1-6H3,(H3,33,34,35,36,37,38). The molecular formula is C32H43N7O2S. The van der Waals surface area contributed by atoms with Gasteiger partial charge in [0, 0.05) is 5.69 Å². The number of para-hydroxylation sites is 1. The van der Waals surface area contributed by atoms with Gasteiger partial charge in [-0.15, -0.1) is 0 Å². The van der Waals surface area contributed by atoms with E-state index in [2.05, 4.69) is 65.7 Å². The normalized spacial score (nSPS) is 15.1. The van der Waals surface area contributed by atoms with Gasteiger partial charge in [-0.2, -0.15) is 15.1 Å². The third-order valence-corrected chi connectivity index (χ3v) is 10.5. The highest BCUT2D eigenvalue weighted by atomic mass is 32.2. The molecule has 0 atom stereocenters. The van der Waals surface area contributed by atoms with E-state index < -0.39 is 15.1 Å². The minimum Gasteiger partial charge on any atom is -0.338 e. The lowest BCUT2D eigenvalue weighted by atomic mass is 9.84. The Balaban J connectivity index is 1.51. The molecule has 3 heterocycles. The molecule has 1 saturated heterocycles. The summed E-state index contributed by atoms with van der Waals surface area (Å²) in [5.41, 5.74) is 6.01. The Labute approximate surface area is 249 Å². The maximum absolute atomic E-state index is 13.1. The maximum Gasteiger partial charge on any atom is 0.231 e. The van der Waals surface area contributed by atoms with Crippen LogP contribution < -0.4 is 10.6 Å². The predicted molar refractivity (Wildman–Crippen MR) is 171 cm³/mol. The van der Waals surface area contributed by atoms with Crippen molar-refractivity contribution in [1.82, 2.24) is 25.1 Å². The number of rotatable bonds is 10. The number of nitrogens with one attached hydrogen (secondary N) is 3. The van der Waals surface area contributed by atoms with Crippen LogP contribution in [0.15, 0.2) is 47.5 Å². The molecule has 0 unspecified atom stereocenters. The first kappa shape index (κ1) is 30.0. The van der Waals surface area contributed by atoms with E-state index in [9.17, 15) is 8.42 Å². The Kier molecular flexibility index (Phi) is 8.84. The number of fused-ring (bicyclic) bond motifs is 1. The van der Waals surface area contributed by atoms with Crippen molar-refractivity contribution in [3.05, 3.63) is 59.3 Å². The van der Waals surface area contributed by atoms with Crippen LogP contribution in [0.3, 0.4) is 0 Å². The second kappa shape index (κ2) is 12.4. The zero-order valence-electron chi connectivity index (χ0n) is 25.5. The molecule has 9 nitrogen and oxygen atoms in total. The van der Waals surface area contributed by atoms with Crippen molar-refractivity contribution in [1.29, 1.82) is 0 Å². The molecule has 42 heavy (non-hydrogen) atoms. The summed E-state index contributed by atoms with van der Waals surface area (Å²) < 4.78 is 26.2. The van der Waals surface area contributed by atoms with Crippen LogP contribution in [0.2, 0.25) is 0 Å². The number of sulfone groups is 1. The van der Waals surface area contributed by atoms with Gasteiger partial charge in [0.2, 0.25) is 5.95 Å². The van der Waals surface area contributed by atoms with Crippen molar-refractivity contribution in [2.75, 3.05) is 30.8 Å². The highest BCUT2D eigenvalue weighted by Crippen LogP contribution is 2.36. The van der Waals surface area contributed by atoms with Crippen molar-refractivity contribution < 1.29 is 8.42 Å². The lowest BCUT2D eigenvalue weighted by molar-refractivity contribution is 0.255. The number of aromatic amines is 1.